The fourth-order valence-corrected chi connectivity index (χ4v) is 8.94. The summed E-state index contributed by atoms with van der Waals surface area (Å²) in [6, 6.07) is 7.69. The second kappa shape index (κ2) is 23.0. The molecule has 61 heavy (non-hydrogen) atoms. The van der Waals surface area contributed by atoms with E-state index in [0.29, 0.717) is 54.1 Å². The number of carboxylic acid groups (broad SMARTS) is 1. The first-order chi connectivity index (χ1) is 28.7. The van der Waals surface area contributed by atoms with Crippen molar-refractivity contribution in [2.45, 2.75) is 103 Å². The second-order valence-electron chi connectivity index (χ2n) is 17.8. The van der Waals surface area contributed by atoms with Gasteiger partial charge in [-0.3, -0.25) is 19.2 Å². The normalized spacial score (nSPS) is 21.1. The van der Waals surface area contributed by atoms with Crippen LogP contribution in [0.5, 0.6) is 0 Å². The largest absolute Gasteiger partial charge is 0.481 e. The van der Waals surface area contributed by atoms with Gasteiger partial charge in [0.2, 0.25) is 5.91 Å². The first kappa shape index (κ1) is 49.8. The number of nitrogens with one attached hydrogen (secondary N) is 1. The summed E-state index contributed by atoms with van der Waals surface area (Å²) >= 11 is 0. The van der Waals surface area contributed by atoms with Crippen molar-refractivity contribution >= 4 is 23.4 Å². The number of benzene rings is 2. The molecule has 4 aliphatic heterocycles. The lowest BCUT2D eigenvalue weighted by Gasteiger charge is -2.36. The average molecular weight is 867 g/mol. The predicted octanol–water partition coefficient (Wildman–Crippen LogP) is 8.02. The fourth-order valence-electron chi connectivity index (χ4n) is 8.94. The standard InChI is InChI=1S/C23H31F3N2O2.C16H20F3NO.C7H13NO2/c1-16-10-18(12-20(11-16)23(24,25)26)14-21(29)13-17-5-8-28(9-6-17)22(30)19-4-3-7-27(2)15-19;1-11-6-13(8-14(7-11)16(17,18)19)10-15(21)9-12-2-4-20-5-3-12;1-8-4-2-3-6(5-8)7(9)10/h10-12,17,19H,3-9,13-15H2,1-2H3;6-8,12,20H,2-5,9-10H2,1H3;6H,2-5H2,1H3,(H,9,10). The molecule has 9 nitrogen and oxygen atoms in total. The Morgan fingerprint density at radius 1 is 0.623 bits per heavy atom. The highest BCUT2D eigenvalue weighted by molar-refractivity contribution is 5.82. The number of ketones is 2. The Morgan fingerprint density at radius 2 is 1.05 bits per heavy atom. The van der Waals surface area contributed by atoms with E-state index in [0.717, 1.165) is 115 Å². The molecule has 0 aliphatic carbocycles. The third kappa shape index (κ3) is 17.1. The van der Waals surface area contributed by atoms with Crippen LogP contribution < -0.4 is 5.32 Å². The lowest BCUT2D eigenvalue weighted by atomic mass is 9.88. The number of carbonyl (C=O) groups excluding carboxylic acids is 3. The van der Waals surface area contributed by atoms with Crippen molar-refractivity contribution in [1.29, 1.82) is 0 Å². The minimum Gasteiger partial charge on any atom is -0.481 e. The van der Waals surface area contributed by atoms with Gasteiger partial charge < -0.3 is 25.1 Å². The van der Waals surface area contributed by atoms with E-state index in [4.69, 9.17) is 5.11 Å². The summed E-state index contributed by atoms with van der Waals surface area (Å²) in [4.78, 5) is 54.0. The van der Waals surface area contributed by atoms with Crippen molar-refractivity contribution in [2.24, 2.45) is 23.7 Å². The summed E-state index contributed by atoms with van der Waals surface area (Å²) < 4.78 is 77.3. The molecule has 15 heteroatoms. The minimum atomic E-state index is -4.41. The van der Waals surface area contributed by atoms with E-state index in [9.17, 15) is 45.5 Å². The van der Waals surface area contributed by atoms with Crippen LogP contribution in [0.3, 0.4) is 0 Å². The molecule has 4 heterocycles. The van der Waals surface area contributed by atoms with Crippen molar-refractivity contribution in [1.82, 2.24) is 20.0 Å². The maximum absolute atomic E-state index is 13.0. The monoisotopic (exact) mass is 866 g/mol. The molecule has 0 spiro atoms. The fraction of sp³-hybridized carbons (Fsp3) is 0.652. The number of aryl methyl sites for hydroxylation is 2. The lowest BCUT2D eigenvalue weighted by molar-refractivity contribution is -0.143. The Balaban J connectivity index is 0.000000228. The number of hydrogen-bond acceptors (Lipinski definition) is 7. The summed E-state index contributed by atoms with van der Waals surface area (Å²) in [6.07, 6.45) is -0.468. The van der Waals surface area contributed by atoms with Crippen LogP contribution in [0.1, 0.15) is 97.6 Å². The molecule has 2 unspecified atom stereocenters. The molecule has 2 aromatic carbocycles. The molecular formula is C46H64F6N4O5. The number of carbonyl (C=O) groups is 4. The predicted molar refractivity (Wildman–Crippen MR) is 222 cm³/mol. The number of amides is 1. The molecular weight excluding hydrogens is 803 g/mol. The van der Waals surface area contributed by atoms with E-state index in [2.05, 4.69) is 15.1 Å². The van der Waals surface area contributed by atoms with E-state index in [-0.39, 0.29) is 48.1 Å². The molecule has 4 fully saturated rings. The number of nitrogens with zero attached hydrogens (tertiary/aromatic N) is 3. The molecule has 0 radical (unpaired) electrons. The van der Waals surface area contributed by atoms with Crippen LogP contribution in [0.25, 0.3) is 0 Å². The van der Waals surface area contributed by atoms with E-state index >= 15 is 0 Å². The van der Waals surface area contributed by atoms with Crippen LogP contribution in [-0.4, -0.2) is 110 Å². The molecule has 340 valence electrons. The van der Waals surface area contributed by atoms with E-state index in [1.165, 1.54) is 0 Å². The smallest absolute Gasteiger partial charge is 0.416 e. The molecule has 4 aliphatic rings. The van der Waals surface area contributed by atoms with Crippen LogP contribution in [0, 0.1) is 37.5 Å². The van der Waals surface area contributed by atoms with Crippen LogP contribution in [0.4, 0.5) is 26.3 Å². The SMILES string of the molecule is CN1CCCC(C(=O)O)C1.Cc1cc(CC(=O)CC2CCN(C(=O)C3CCCN(C)C3)CC2)cc(C(F)(F)F)c1.Cc1cc(CC(=O)CC2CCNCC2)cc(C(F)(F)F)c1. The Labute approximate surface area is 356 Å². The van der Waals surface area contributed by atoms with Gasteiger partial charge in [-0.15, -0.1) is 0 Å². The summed E-state index contributed by atoms with van der Waals surface area (Å²) in [5.74, 6) is 0.0864. The Kier molecular flexibility index (Phi) is 18.8. The minimum absolute atomic E-state index is 0.0261. The van der Waals surface area contributed by atoms with Gasteiger partial charge in [0, 0.05) is 51.9 Å². The highest BCUT2D eigenvalue weighted by atomic mass is 19.4. The maximum atomic E-state index is 13.0. The summed E-state index contributed by atoms with van der Waals surface area (Å²) in [6.45, 7) is 10.0. The first-order valence-corrected chi connectivity index (χ1v) is 21.6. The van der Waals surface area contributed by atoms with Gasteiger partial charge in [-0.05, 0) is 153 Å². The number of piperidine rings is 4. The summed E-state index contributed by atoms with van der Waals surface area (Å²) in [5, 5.41) is 11.9. The van der Waals surface area contributed by atoms with Gasteiger partial charge in [-0.2, -0.15) is 26.3 Å². The van der Waals surface area contributed by atoms with Gasteiger partial charge in [-0.1, -0.05) is 23.3 Å². The summed E-state index contributed by atoms with van der Waals surface area (Å²) in [7, 11) is 4.01. The average Bonchev–Trinajstić information content (AvgIpc) is 3.17. The molecule has 1 amide bonds. The van der Waals surface area contributed by atoms with Gasteiger partial charge in [0.05, 0.1) is 23.0 Å². The highest BCUT2D eigenvalue weighted by Gasteiger charge is 2.34. The third-order valence-corrected chi connectivity index (χ3v) is 12.1. The topological polar surface area (TPSA) is 110 Å². The quantitative estimate of drug-likeness (QED) is 0.231. The van der Waals surface area contributed by atoms with Gasteiger partial charge in [0.15, 0.2) is 0 Å². The zero-order chi connectivity index (χ0) is 44.9. The summed E-state index contributed by atoms with van der Waals surface area (Å²) in [5.41, 5.74) is 0.544. The zero-order valence-electron chi connectivity index (χ0n) is 36.1. The first-order valence-electron chi connectivity index (χ1n) is 21.6. The van der Waals surface area contributed by atoms with Crippen molar-refractivity contribution in [3.05, 3.63) is 69.8 Å². The number of likely N-dealkylation sites (tertiary alicyclic amines) is 3. The van der Waals surface area contributed by atoms with Crippen molar-refractivity contribution < 1.29 is 50.6 Å². The van der Waals surface area contributed by atoms with Gasteiger partial charge >= 0.3 is 18.3 Å². The molecule has 0 aromatic heterocycles. The molecule has 0 saturated carbocycles. The zero-order valence-corrected chi connectivity index (χ0v) is 36.1. The van der Waals surface area contributed by atoms with Crippen molar-refractivity contribution in [3.8, 4) is 0 Å². The van der Waals surface area contributed by atoms with Crippen molar-refractivity contribution in [2.75, 3.05) is 66.5 Å². The van der Waals surface area contributed by atoms with Gasteiger partial charge in [-0.25, -0.2) is 0 Å². The Hall–Kier alpha value is -3.82. The molecule has 2 N–H and O–H groups in total. The number of hydrogen-bond donors (Lipinski definition) is 2. The van der Waals surface area contributed by atoms with Crippen LogP contribution in [0.2, 0.25) is 0 Å². The van der Waals surface area contributed by atoms with Crippen LogP contribution in [-0.2, 0) is 44.4 Å². The molecule has 6 rings (SSSR count). The van der Waals surface area contributed by atoms with Gasteiger partial charge in [0.1, 0.15) is 11.6 Å². The second-order valence-corrected chi connectivity index (χ2v) is 17.8. The molecule has 4 saturated heterocycles. The number of halogens is 6. The number of alkyl halides is 6. The van der Waals surface area contributed by atoms with Gasteiger partial charge in [0.25, 0.3) is 0 Å². The number of aliphatic carboxylic acids is 1. The number of carboxylic acids is 1. The number of rotatable bonds is 10. The van der Waals surface area contributed by atoms with Crippen molar-refractivity contribution in [3.63, 3.8) is 0 Å². The Morgan fingerprint density at radius 3 is 1.46 bits per heavy atom. The Bertz CT molecular complexity index is 1770. The van der Waals surface area contributed by atoms with Crippen LogP contribution in [0.15, 0.2) is 36.4 Å². The lowest BCUT2D eigenvalue weighted by Crippen LogP contribution is -2.46. The highest BCUT2D eigenvalue weighted by Crippen LogP contribution is 2.33. The van der Waals surface area contributed by atoms with E-state index in [1.54, 1.807) is 26.0 Å². The molecule has 2 atom stereocenters. The molecule has 2 aromatic rings. The molecule has 0 bridgehead atoms. The third-order valence-electron chi connectivity index (χ3n) is 12.1. The number of Topliss-reactive ketones (excluding diaryl/α,β-unsaturated/α-hetero) is 2. The van der Waals surface area contributed by atoms with Crippen LogP contribution >= 0.6 is 0 Å². The van der Waals surface area contributed by atoms with E-state index in [1.807, 2.05) is 19.0 Å². The van der Waals surface area contributed by atoms with E-state index < -0.39 is 29.4 Å². The maximum Gasteiger partial charge on any atom is 0.416 e.